The fourth-order valence-corrected chi connectivity index (χ4v) is 3.01. The largest absolute Gasteiger partial charge is 0.493 e. The minimum Gasteiger partial charge on any atom is -0.493 e. The van der Waals surface area contributed by atoms with E-state index in [4.69, 9.17) is 14.2 Å². The van der Waals surface area contributed by atoms with E-state index in [-0.39, 0.29) is 17.7 Å². The Bertz CT molecular complexity index is 635. The average molecular weight is 349 g/mol. The molecule has 25 heavy (non-hydrogen) atoms. The third-order valence-electron chi connectivity index (χ3n) is 4.13. The molecule has 2 rings (SSSR count). The number of benzene rings is 1. The quantitative estimate of drug-likeness (QED) is 0.651. The fourth-order valence-electron chi connectivity index (χ4n) is 3.01. The maximum atomic E-state index is 13.0. The predicted molar refractivity (Wildman–Crippen MR) is 94.2 cm³/mol. The highest BCUT2D eigenvalue weighted by atomic mass is 16.6. The van der Waals surface area contributed by atoms with Crippen LogP contribution in [0.1, 0.15) is 44.0 Å². The van der Waals surface area contributed by atoms with Crippen LogP contribution in [0.4, 0.5) is 0 Å². The molecule has 0 amide bonds. The smallest absolute Gasteiger partial charge is 0.323 e. The first-order chi connectivity index (χ1) is 11.8. The number of para-hydroxylation sites is 1. The van der Waals surface area contributed by atoms with E-state index in [1.165, 1.54) is 14.2 Å². The average Bonchev–Trinajstić information content (AvgIpc) is 2.58. The molecule has 1 aliphatic rings. The Hall–Kier alpha value is -2.08. The van der Waals surface area contributed by atoms with Crippen LogP contribution < -0.4 is 14.8 Å². The Balaban J connectivity index is 2.16. The Kier molecular flexibility index (Phi) is 6.06. The van der Waals surface area contributed by atoms with Gasteiger partial charge in [-0.15, -0.1) is 0 Å². The number of carbonyl (C=O) groups excluding carboxylic acids is 2. The number of ether oxygens (including phenoxy) is 3. The van der Waals surface area contributed by atoms with E-state index < -0.39 is 11.6 Å². The zero-order valence-corrected chi connectivity index (χ0v) is 15.5. The van der Waals surface area contributed by atoms with Crippen molar-refractivity contribution in [3.63, 3.8) is 0 Å². The molecule has 1 heterocycles. The highest BCUT2D eigenvalue weighted by Gasteiger charge is 2.35. The lowest BCUT2D eigenvalue weighted by molar-refractivity contribution is -0.158. The van der Waals surface area contributed by atoms with E-state index in [0.717, 1.165) is 0 Å². The number of carbonyl (C=O) groups is 2. The second kappa shape index (κ2) is 7.87. The van der Waals surface area contributed by atoms with E-state index in [9.17, 15) is 9.59 Å². The minimum atomic E-state index is -0.550. The highest BCUT2D eigenvalue weighted by Crippen LogP contribution is 2.34. The minimum absolute atomic E-state index is 0.0363. The van der Waals surface area contributed by atoms with Crippen LogP contribution in [-0.4, -0.2) is 44.2 Å². The zero-order valence-electron chi connectivity index (χ0n) is 15.5. The molecule has 0 aromatic heterocycles. The molecule has 1 aromatic rings. The summed E-state index contributed by atoms with van der Waals surface area (Å²) >= 11 is 0. The molecule has 1 aliphatic heterocycles. The van der Waals surface area contributed by atoms with Gasteiger partial charge in [0.05, 0.1) is 19.8 Å². The van der Waals surface area contributed by atoms with Gasteiger partial charge in [0, 0.05) is 5.92 Å². The van der Waals surface area contributed by atoms with Crippen molar-refractivity contribution in [3.8, 4) is 11.5 Å². The molecule has 0 saturated carbocycles. The normalized spacial score (nSPS) is 20.7. The molecule has 0 radical (unpaired) electrons. The lowest BCUT2D eigenvalue weighted by atomic mass is 9.85. The van der Waals surface area contributed by atoms with Crippen LogP contribution in [0.25, 0.3) is 0 Å². The monoisotopic (exact) mass is 349 g/mol. The van der Waals surface area contributed by atoms with E-state index in [2.05, 4.69) is 5.32 Å². The maximum Gasteiger partial charge on any atom is 0.323 e. The lowest BCUT2D eigenvalue weighted by Crippen LogP contribution is -2.47. The van der Waals surface area contributed by atoms with Gasteiger partial charge in [-0.1, -0.05) is 6.07 Å². The molecule has 1 N–H and O–H groups in total. The van der Waals surface area contributed by atoms with Crippen LogP contribution in [0.3, 0.4) is 0 Å². The van der Waals surface area contributed by atoms with Gasteiger partial charge in [-0.25, -0.2) is 0 Å². The Morgan fingerprint density at radius 1 is 1.16 bits per heavy atom. The van der Waals surface area contributed by atoms with Crippen LogP contribution in [0, 0.1) is 5.92 Å². The number of piperidine rings is 1. The molecule has 2 unspecified atom stereocenters. The van der Waals surface area contributed by atoms with Crippen molar-refractivity contribution in [1.29, 1.82) is 0 Å². The van der Waals surface area contributed by atoms with Crippen LogP contribution in [0.15, 0.2) is 18.2 Å². The molecular weight excluding hydrogens is 322 g/mol. The third kappa shape index (κ3) is 4.72. The first kappa shape index (κ1) is 19.2. The molecule has 1 aromatic carbocycles. The van der Waals surface area contributed by atoms with Crippen molar-refractivity contribution >= 4 is 11.8 Å². The lowest BCUT2D eigenvalue weighted by Gasteiger charge is -2.31. The van der Waals surface area contributed by atoms with Gasteiger partial charge in [-0.05, 0) is 52.3 Å². The molecule has 1 fully saturated rings. The first-order valence-electron chi connectivity index (χ1n) is 8.48. The van der Waals surface area contributed by atoms with Crippen LogP contribution in [0.5, 0.6) is 11.5 Å². The van der Waals surface area contributed by atoms with Crippen LogP contribution in [0.2, 0.25) is 0 Å². The molecule has 6 nitrogen and oxygen atoms in total. The molecule has 2 atom stereocenters. The molecular formula is C19H27NO5. The number of hydrogen-bond acceptors (Lipinski definition) is 6. The standard InChI is InChI=1S/C19H27NO5/c1-19(2,3)25-18(22)14-11-12(9-10-20-14)16(21)13-7-6-8-15(23-4)17(13)24-5/h6-8,12,14,20H,9-11H2,1-5H3. The number of Topliss-reactive ketones (excluding diaryl/α,β-unsaturated/α-hetero) is 1. The van der Waals surface area contributed by atoms with Gasteiger partial charge in [-0.2, -0.15) is 0 Å². The van der Waals surface area contributed by atoms with Gasteiger partial charge in [0.1, 0.15) is 11.6 Å². The summed E-state index contributed by atoms with van der Waals surface area (Å²) < 4.78 is 16.1. The molecule has 0 aliphatic carbocycles. The van der Waals surface area contributed by atoms with Crippen LogP contribution >= 0.6 is 0 Å². The maximum absolute atomic E-state index is 13.0. The van der Waals surface area contributed by atoms with E-state index in [1.807, 2.05) is 20.8 Å². The summed E-state index contributed by atoms with van der Waals surface area (Å²) in [6.45, 7) is 6.08. The Morgan fingerprint density at radius 2 is 1.88 bits per heavy atom. The molecule has 1 saturated heterocycles. The number of rotatable bonds is 5. The third-order valence-corrected chi connectivity index (χ3v) is 4.13. The van der Waals surface area contributed by atoms with Crippen molar-refractivity contribution in [1.82, 2.24) is 5.32 Å². The van der Waals surface area contributed by atoms with E-state index in [0.29, 0.717) is 36.4 Å². The Labute approximate surface area is 148 Å². The molecule has 138 valence electrons. The predicted octanol–water partition coefficient (Wildman–Crippen LogP) is 2.60. The summed E-state index contributed by atoms with van der Waals surface area (Å²) in [6.07, 6.45) is 1.08. The topological polar surface area (TPSA) is 73.9 Å². The van der Waals surface area contributed by atoms with Gasteiger partial charge < -0.3 is 19.5 Å². The molecule has 6 heteroatoms. The van der Waals surface area contributed by atoms with Gasteiger partial charge in [-0.3, -0.25) is 9.59 Å². The van der Waals surface area contributed by atoms with Gasteiger partial charge >= 0.3 is 5.97 Å². The summed E-state index contributed by atoms with van der Waals surface area (Å²) in [6, 6.07) is 4.77. The summed E-state index contributed by atoms with van der Waals surface area (Å²) in [5.74, 6) is 0.335. The first-order valence-corrected chi connectivity index (χ1v) is 8.48. The zero-order chi connectivity index (χ0) is 18.6. The number of ketones is 1. The van der Waals surface area contributed by atoms with Crippen LogP contribution in [-0.2, 0) is 9.53 Å². The molecule has 0 bridgehead atoms. The number of methoxy groups -OCH3 is 2. The summed E-state index contributed by atoms with van der Waals surface area (Å²) in [7, 11) is 3.05. The van der Waals surface area contributed by atoms with Crippen molar-refractivity contribution < 1.29 is 23.8 Å². The second-order valence-electron chi connectivity index (χ2n) is 7.17. The van der Waals surface area contributed by atoms with Crippen molar-refractivity contribution in [2.45, 2.75) is 45.3 Å². The summed E-state index contributed by atoms with van der Waals surface area (Å²) in [5.41, 5.74) is -0.0668. The number of esters is 1. The van der Waals surface area contributed by atoms with Crippen molar-refractivity contribution in [2.75, 3.05) is 20.8 Å². The van der Waals surface area contributed by atoms with E-state index in [1.54, 1.807) is 18.2 Å². The van der Waals surface area contributed by atoms with Crippen molar-refractivity contribution in [2.24, 2.45) is 5.92 Å². The van der Waals surface area contributed by atoms with E-state index >= 15 is 0 Å². The highest BCUT2D eigenvalue weighted by molar-refractivity contribution is 6.01. The number of hydrogen-bond donors (Lipinski definition) is 1. The van der Waals surface area contributed by atoms with Gasteiger partial charge in [0.15, 0.2) is 17.3 Å². The SMILES string of the molecule is COc1cccc(C(=O)C2CCNC(C(=O)OC(C)(C)C)C2)c1OC. The summed E-state index contributed by atoms with van der Waals surface area (Å²) in [4.78, 5) is 25.3. The second-order valence-corrected chi connectivity index (χ2v) is 7.17. The Morgan fingerprint density at radius 3 is 2.48 bits per heavy atom. The van der Waals surface area contributed by atoms with Gasteiger partial charge in [0.25, 0.3) is 0 Å². The number of nitrogens with one attached hydrogen (secondary N) is 1. The van der Waals surface area contributed by atoms with Crippen molar-refractivity contribution in [3.05, 3.63) is 23.8 Å². The fraction of sp³-hybridized carbons (Fsp3) is 0.579. The summed E-state index contributed by atoms with van der Waals surface area (Å²) in [5, 5.41) is 3.15. The van der Waals surface area contributed by atoms with Gasteiger partial charge in [0.2, 0.25) is 0 Å². The molecule has 0 spiro atoms.